The van der Waals surface area contributed by atoms with Crippen LogP contribution in [0, 0.1) is 0 Å². The van der Waals surface area contributed by atoms with Crippen molar-refractivity contribution >= 4 is 5.78 Å². The lowest BCUT2D eigenvalue weighted by Gasteiger charge is -2.03. The minimum atomic E-state index is -0.127. The Labute approximate surface area is 106 Å². The highest BCUT2D eigenvalue weighted by molar-refractivity contribution is 6.07. The molecule has 0 N–H and O–H groups in total. The van der Waals surface area contributed by atoms with Crippen LogP contribution in [0.2, 0.25) is 0 Å². The van der Waals surface area contributed by atoms with Crippen LogP contribution >= 0.6 is 0 Å². The molecule has 2 rings (SSSR count). The summed E-state index contributed by atoms with van der Waals surface area (Å²) in [5.41, 5.74) is 2.16. The zero-order chi connectivity index (χ0) is 13.0. The quantitative estimate of drug-likeness (QED) is 0.772. The molecule has 4 heteroatoms. The molecule has 0 aliphatic rings. The topological polar surface area (TPSA) is 52.1 Å². The number of ether oxygens (including phenoxy) is 1. The standard InChI is InChI=1S/C14H14N2O2/c1-3-10-4-6-11(7-5-10)14(17)12-8-13(18-2)16-9-15-12/h4-9H,3H2,1-2H3. The lowest BCUT2D eigenvalue weighted by molar-refractivity contribution is 0.103. The summed E-state index contributed by atoms with van der Waals surface area (Å²) in [5.74, 6) is 0.261. The van der Waals surface area contributed by atoms with E-state index >= 15 is 0 Å². The fraction of sp³-hybridized carbons (Fsp3) is 0.214. The Balaban J connectivity index is 2.29. The zero-order valence-electron chi connectivity index (χ0n) is 10.4. The van der Waals surface area contributed by atoms with Gasteiger partial charge in [-0.15, -0.1) is 0 Å². The van der Waals surface area contributed by atoms with Gasteiger partial charge >= 0.3 is 0 Å². The highest BCUT2D eigenvalue weighted by atomic mass is 16.5. The second-order valence-corrected chi connectivity index (χ2v) is 3.83. The number of ketones is 1. The summed E-state index contributed by atoms with van der Waals surface area (Å²) in [6.07, 6.45) is 2.28. The molecule has 0 saturated carbocycles. The Morgan fingerprint density at radius 3 is 2.56 bits per heavy atom. The van der Waals surface area contributed by atoms with Crippen molar-refractivity contribution in [2.45, 2.75) is 13.3 Å². The minimum absolute atomic E-state index is 0.127. The van der Waals surface area contributed by atoms with E-state index in [-0.39, 0.29) is 5.78 Å². The number of rotatable bonds is 4. The van der Waals surface area contributed by atoms with Gasteiger partial charge in [0.25, 0.3) is 0 Å². The molecular weight excluding hydrogens is 228 g/mol. The number of aryl methyl sites for hydroxylation is 1. The van der Waals surface area contributed by atoms with Crippen LogP contribution in [0.25, 0.3) is 0 Å². The fourth-order valence-corrected chi connectivity index (χ4v) is 1.61. The van der Waals surface area contributed by atoms with Crippen LogP contribution < -0.4 is 4.74 Å². The minimum Gasteiger partial charge on any atom is -0.481 e. The van der Waals surface area contributed by atoms with Crippen molar-refractivity contribution in [3.63, 3.8) is 0 Å². The predicted molar refractivity (Wildman–Crippen MR) is 67.8 cm³/mol. The van der Waals surface area contributed by atoms with Gasteiger partial charge in [-0.05, 0) is 12.0 Å². The van der Waals surface area contributed by atoms with Crippen molar-refractivity contribution in [3.05, 3.63) is 53.5 Å². The van der Waals surface area contributed by atoms with Crippen molar-refractivity contribution < 1.29 is 9.53 Å². The number of benzene rings is 1. The molecule has 0 aliphatic heterocycles. The number of nitrogens with zero attached hydrogens (tertiary/aromatic N) is 2. The summed E-state index contributed by atoms with van der Waals surface area (Å²) in [7, 11) is 1.51. The van der Waals surface area contributed by atoms with Gasteiger partial charge in [-0.1, -0.05) is 31.2 Å². The van der Waals surface area contributed by atoms with E-state index in [0.717, 1.165) is 6.42 Å². The second kappa shape index (κ2) is 5.40. The average Bonchev–Trinajstić information content (AvgIpc) is 2.46. The lowest BCUT2D eigenvalue weighted by atomic mass is 10.0. The van der Waals surface area contributed by atoms with E-state index in [0.29, 0.717) is 17.1 Å². The smallest absolute Gasteiger partial charge is 0.216 e. The molecule has 0 atom stereocenters. The van der Waals surface area contributed by atoms with Gasteiger partial charge in [-0.2, -0.15) is 0 Å². The molecule has 0 radical (unpaired) electrons. The van der Waals surface area contributed by atoms with E-state index in [1.54, 1.807) is 0 Å². The second-order valence-electron chi connectivity index (χ2n) is 3.83. The van der Waals surface area contributed by atoms with E-state index in [4.69, 9.17) is 4.74 Å². The number of hydrogen-bond acceptors (Lipinski definition) is 4. The van der Waals surface area contributed by atoms with E-state index in [9.17, 15) is 4.79 Å². The molecule has 0 aliphatic carbocycles. The third-order valence-corrected chi connectivity index (χ3v) is 2.71. The first-order chi connectivity index (χ1) is 8.74. The SMILES string of the molecule is CCc1ccc(C(=O)c2cc(OC)ncn2)cc1. The molecule has 1 heterocycles. The van der Waals surface area contributed by atoms with Crippen LogP contribution in [0.5, 0.6) is 5.88 Å². The van der Waals surface area contributed by atoms with Crippen molar-refractivity contribution in [3.8, 4) is 5.88 Å². The lowest BCUT2D eigenvalue weighted by Crippen LogP contribution is -2.05. The molecule has 1 aromatic heterocycles. The third kappa shape index (κ3) is 2.53. The summed E-state index contributed by atoms with van der Waals surface area (Å²) in [6, 6.07) is 9.07. The van der Waals surface area contributed by atoms with E-state index < -0.39 is 0 Å². The van der Waals surface area contributed by atoms with Crippen molar-refractivity contribution in [2.75, 3.05) is 7.11 Å². The fourth-order valence-electron chi connectivity index (χ4n) is 1.61. The molecule has 0 spiro atoms. The van der Waals surface area contributed by atoms with Gasteiger partial charge in [-0.3, -0.25) is 4.79 Å². The molecule has 2 aromatic rings. The van der Waals surface area contributed by atoms with Crippen molar-refractivity contribution in [1.29, 1.82) is 0 Å². The Kier molecular flexibility index (Phi) is 3.67. The first-order valence-corrected chi connectivity index (χ1v) is 5.74. The maximum absolute atomic E-state index is 12.2. The maximum Gasteiger partial charge on any atom is 0.216 e. The van der Waals surface area contributed by atoms with Gasteiger partial charge < -0.3 is 4.74 Å². The maximum atomic E-state index is 12.2. The summed E-state index contributed by atoms with van der Waals surface area (Å²) >= 11 is 0. The monoisotopic (exact) mass is 242 g/mol. The Hall–Kier alpha value is -2.23. The van der Waals surface area contributed by atoms with E-state index in [1.165, 1.54) is 25.1 Å². The first kappa shape index (κ1) is 12.2. The van der Waals surface area contributed by atoms with Crippen LogP contribution in [0.1, 0.15) is 28.5 Å². The van der Waals surface area contributed by atoms with Crippen LogP contribution in [-0.4, -0.2) is 22.9 Å². The number of carbonyl (C=O) groups is 1. The Morgan fingerprint density at radius 2 is 1.94 bits per heavy atom. The molecule has 4 nitrogen and oxygen atoms in total. The predicted octanol–water partition coefficient (Wildman–Crippen LogP) is 2.28. The van der Waals surface area contributed by atoms with Gasteiger partial charge in [0.1, 0.15) is 12.0 Å². The molecular formula is C14H14N2O2. The van der Waals surface area contributed by atoms with E-state index in [1.807, 2.05) is 24.3 Å². The highest BCUT2D eigenvalue weighted by Gasteiger charge is 2.11. The van der Waals surface area contributed by atoms with Gasteiger partial charge in [-0.25, -0.2) is 9.97 Å². The molecule has 92 valence electrons. The third-order valence-electron chi connectivity index (χ3n) is 2.71. The van der Waals surface area contributed by atoms with Crippen LogP contribution in [-0.2, 0) is 6.42 Å². The molecule has 0 fully saturated rings. The van der Waals surface area contributed by atoms with Gasteiger partial charge in [0.2, 0.25) is 11.7 Å². The Bertz CT molecular complexity index is 550. The van der Waals surface area contributed by atoms with Crippen LogP contribution in [0.15, 0.2) is 36.7 Å². The normalized spacial score (nSPS) is 10.1. The molecule has 18 heavy (non-hydrogen) atoms. The summed E-state index contributed by atoms with van der Waals surface area (Å²) in [4.78, 5) is 20.0. The van der Waals surface area contributed by atoms with Crippen LogP contribution in [0.3, 0.4) is 0 Å². The van der Waals surface area contributed by atoms with Crippen molar-refractivity contribution in [1.82, 2.24) is 9.97 Å². The molecule has 1 aromatic carbocycles. The number of carbonyl (C=O) groups excluding carboxylic acids is 1. The van der Waals surface area contributed by atoms with E-state index in [2.05, 4.69) is 16.9 Å². The average molecular weight is 242 g/mol. The summed E-state index contributed by atoms with van der Waals surface area (Å²) in [6.45, 7) is 2.08. The number of aromatic nitrogens is 2. The Morgan fingerprint density at radius 1 is 1.22 bits per heavy atom. The number of hydrogen-bond donors (Lipinski definition) is 0. The highest BCUT2D eigenvalue weighted by Crippen LogP contribution is 2.12. The largest absolute Gasteiger partial charge is 0.481 e. The van der Waals surface area contributed by atoms with Crippen molar-refractivity contribution in [2.24, 2.45) is 0 Å². The number of methoxy groups -OCH3 is 1. The van der Waals surface area contributed by atoms with Crippen LogP contribution in [0.4, 0.5) is 0 Å². The molecule has 0 bridgehead atoms. The molecule has 0 saturated heterocycles. The zero-order valence-corrected chi connectivity index (χ0v) is 10.4. The summed E-state index contributed by atoms with van der Waals surface area (Å²) < 4.78 is 4.97. The molecule has 0 unspecified atom stereocenters. The van der Waals surface area contributed by atoms with Gasteiger partial charge in [0.05, 0.1) is 7.11 Å². The van der Waals surface area contributed by atoms with Gasteiger partial charge in [0.15, 0.2) is 0 Å². The summed E-state index contributed by atoms with van der Waals surface area (Å²) in [5, 5.41) is 0. The molecule has 0 amide bonds. The van der Waals surface area contributed by atoms with Gasteiger partial charge in [0, 0.05) is 11.6 Å². The first-order valence-electron chi connectivity index (χ1n) is 5.74.